The molecule has 1 aromatic carbocycles. The molecule has 0 aliphatic rings. The average molecular weight is 263 g/mol. The van der Waals surface area contributed by atoms with Crippen molar-refractivity contribution in [3.05, 3.63) is 35.9 Å². The summed E-state index contributed by atoms with van der Waals surface area (Å²) in [5.74, 6) is 0. The van der Waals surface area contributed by atoms with Gasteiger partial charge in [0.25, 0.3) is 0 Å². The van der Waals surface area contributed by atoms with Crippen LogP contribution in [0, 0.1) is 5.41 Å². The second-order valence-electron chi connectivity index (χ2n) is 7.04. The van der Waals surface area contributed by atoms with Crippen LogP contribution in [0.25, 0.3) is 0 Å². The van der Waals surface area contributed by atoms with Gasteiger partial charge in [-0.1, -0.05) is 58.0 Å². The lowest BCUT2D eigenvalue weighted by Gasteiger charge is -2.40. The molecule has 19 heavy (non-hydrogen) atoms. The van der Waals surface area contributed by atoms with E-state index in [1.807, 2.05) is 18.2 Å². The van der Waals surface area contributed by atoms with E-state index in [0.717, 1.165) is 6.54 Å². The largest absolute Gasteiger partial charge is 0.395 e. The molecule has 0 fully saturated rings. The van der Waals surface area contributed by atoms with Crippen molar-refractivity contribution < 1.29 is 5.11 Å². The monoisotopic (exact) mass is 263 g/mol. The summed E-state index contributed by atoms with van der Waals surface area (Å²) in [5, 5.41) is 9.85. The third-order valence-electron chi connectivity index (χ3n) is 4.33. The molecule has 1 aromatic rings. The number of nitrogens with zero attached hydrogens (tertiary/aromatic N) is 1. The zero-order valence-corrected chi connectivity index (χ0v) is 13.3. The van der Waals surface area contributed by atoms with Gasteiger partial charge < -0.3 is 10.0 Å². The molecule has 0 aliphatic heterocycles. The van der Waals surface area contributed by atoms with Gasteiger partial charge in [0.15, 0.2) is 0 Å². The van der Waals surface area contributed by atoms with E-state index in [1.54, 1.807) is 0 Å². The van der Waals surface area contributed by atoms with Gasteiger partial charge in [-0.15, -0.1) is 0 Å². The smallest absolute Gasteiger partial charge is 0.0537 e. The second-order valence-corrected chi connectivity index (χ2v) is 7.04. The lowest BCUT2D eigenvalue weighted by Crippen LogP contribution is -2.47. The Morgan fingerprint density at radius 2 is 1.63 bits per heavy atom. The number of rotatable bonds is 5. The summed E-state index contributed by atoms with van der Waals surface area (Å²) in [7, 11) is 2.15. The van der Waals surface area contributed by atoms with Gasteiger partial charge in [-0.25, -0.2) is 0 Å². The van der Waals surface area contributed by atoms with E-state index in [-0.39, 0.29) is 17.4 Å². The average Bonchev–Trinajstić information content (AvgIpc) is 2.37. The highest BCUT2D eigenvalue weighted by molar-refractivity contribution is 5.25. The fourth-order valence-corrected chi connectivity index (χ4v) is 2.42. The summed E-state index contributed by atoms with van der Waals surface area (Å²) in [6.45, 7) is 12.2. The van der Waals surface area contributed by atoms with Crippen LogP contribution in [0.5, 0.6) is 0 Å². The summed E-state index contributed by atoms with van der Waals surface area (Å²) >= 11 is 0. The molecule has 0 amide bonds. The standard InChI is InChI=1S/C17H29NO/c1-14(16(2,3)4)18(6)12-17(5,13-19)15-10-8-7-9-11-15/h7-11,14,19H,12-13H2,1-6H3. The predicted octanol–water partition coefficient (Wildman–Crippen LogP) is 3.30. The number of hydrogen-bond acceptors (Lipinski definition) is 2. The highest BCUT2D eigenvalue weighted by atomic mass is 16.3. The Balaban J connectivity index is 2.88. The molecule has 2 unspecified atom stereocenters. The Morgan fingerprint density at radius 3 is 2.05 bits per heavy atom. The Labute approximate surface area is 118 Å². The van der Waals surface area contributed by atoms with Crippen molar-refractivity contribution >= 4 is 0 Å². The summed E-state index contributed by atoms with van der Waals surface area (Å²) < 4.78 is 0. The minimum Gasteiger partial charge on any atom is -0.395 e. The third-order valence-corrected chi connectivity index (χ3v) is 4.33. The summed E-state index contributed by atoms with van der Waals surface area (Å²) in [4.78, 5) is 2.35. The van der Waals surface area contributed by atoms with E-state index in [1.165, 1.54) is 5.56 Å². The van der Waals surface area contributed by atoms with Gasteiger partial charge in [0.05, 0.1) is 6.61 Å². The Hall–Kier alpha value is -0.860. The van der Waals surface area contributed by atoms with Gasteiger partial charge in [-0.2, -0.15) is 0 Å². The van der Waals surface area contributed by atoms with Crippen LogP contribution in [0.15, 0.2) is 30.3 Å². The zero-order chi connectivity index (χ0) is 14.7. The van der Waals surface area contributed by atoms with Crippen LogP contribution in [-0.4, -0.2) is 36.2 Å². The van der Waals surface area contributed by atoms with E-state index in [0.29, 0.717) is 6.04 Å². The zero-order valence-electron chi connectivity index (χ0n) is 13.3. The van der Waals surface area contributed by atoms with Gasteiger partial charge in [-0.3, -0.25) is 0 Å². The lowest BCUT2D eigenvalue weighted by molar-refractivity contribution is 0.0912. The highest BCUT2D eigenvalue weighted by Gasteiger charge is 2.32. The molecule has 0 spiro atoms. The van der Waals surface area contributed by atoms with Gasteiger partial charge in [0.2, 0.25) is 0 Å². The van der Waals surface area contributed by atoms with E-state index in [4.69, 9.17) is 0 Å². The summed E-state index contributed by atoms with van der Waals surface area (Å²) in [6.07, 6.45) is 0. The molecule has 1 rings (SSSR count). The Morgan fingerprint density at radius 1 is 1.11 bits per heavy atom. The van der Waals surface area contributed by atoms with Crippen molar-refractivity contribution in [2.24, 2.45) is 5.41 Å². The van der Waals surface area contributed by atoms with Crippen LogP contribution in [0.1, 0.15) is 40.2 Å². The molecule has 2 nitrogen and oxygen atoms in total. The molecule has 108 valence electrons. The normalized spacial score (nSPS) is 17.3. The number of aliphatic hydroxyl groups excluding tert-OH is 1. The first-order valence-electron chi connectivity index (χ1n) is 7.07. The van der Waals surface area contributed by atoms with Gasteiger partial charge in [0.1, 0.15) is 0 Å². The molecule has 0 saturated carbocycles. The van der Waals surface area contributed by atoms with E-state index in [2.05, 4.69) is 58.7 Å². The molecule has 2 heteroatoms. The maximum Gasteiger partial charge on any atom is 0.0537 e. The quantitative estimate of drug-likeness (QED) is 0.881. The van der Waals surface area contributed by atoms with Gasteiger partial charge in [-0.05, 0) is 24.9 Å². The lowest BCUT2D eigenvalue weighted by atomic mass is 9.80. The Kier molecular flexibility index (Phi) is 5.17. The minimum absolute atomic E-state index is 0.165. The van der Waals surface area contributed by atoms with Gasteiger partial charge >= 0.3 is 0 Å². The third kappa shape index (κ3) is 4.05. The molecule has 0 aromatic heterocycles. The molecular weight excluding hydrogens is 234 g/mol. The van der Waals surface area contributed by atoms with E-state index >= 15 is 0 Å². The number of aliphatic hydroxyl groups is 1. The van der Waals surface area contributed by atoms with Crippen molar-refractivity contribution in [2.45, 2.75) is 46.1 Å². The molecular formula is C17H29NO. The molecule has 0 radical (unpaired) electrons. The van der Waals surface area contributed by atoms with E-state index in [9.17, 15) is 5.11 Å². The Bertz CT molecular complexity index is 382. The maximum atomic E-state index is 9.85. The number of likely N-dealkylation sites (N-methyl/N-ethyl adjacent to an activating group) is 1. The van der Waals surface area contributed by atoms with Crippen molar-refractivity contribution in [1.82, 2.24) is 4.90 Å². The molecule has 1 N–H and O–H groups in total. The number of hydrogen-bond donors (Lipinski definition) is 1. The predicted molar refractivity (Wildman–Crippen MR) is 82.4 cm³/mol. The second kappa shape index (κ2) is 6.06. The number of benzene rings is 1. The topological polar surface area (TPSA) is 23.5 Å². The molecule has 0 heterocycles. The first-order valence-corrected chi connectivity index (χ1v) is 7.07. The fourth-order valence-electron chi connectivity index (χ4n) is 2.42. The molecule has 0 bridgehead atoms. The van der Waals surface area contributed by atoms with Crippen molar-refractivity contribution in [3.8, 4) is 0 Å². The summed E-state index contributed by atoms with van der Waals surface area (Å²) in [6, 6.07) is 10.8. The van der Waals surface area contributed by atoms with Crippen LogP contribution < -0.4 is 0 Å². The molecule has 2 atom stereocenters. The van der Waals surface area contributed by atoms with Crippen LogP contribution in [-0.2, 0) is 5.41 Å². The molecule has 0 aliphatic carbocycles. The van der Waals surface area contributed by atoms with E-state index < -0.39 is 0 Å². The van der Waals surface area contributed by atoms with Crippen molar-refractivity contribution in [1.29, 1.82) is 0 Å². The van der Waals surface area contributed by atoms with Crippen LogP contribution in [0.2, 0.25) is 0 Å². The van der Waals surface area contributed by atoms with Crippen LogP contribution >= 0.6 is 0 Å². The van der Waals surface area contributed by atoms with Crippen molar-refractivity contribution in [2.75, 3.05) is 20.2 Å². The fraction of sp³-hybridized carbons (Fsp3) is 0.647. The first kappa shape index (κ1) is 16.2. The van der Waals surface area contributed by atoms with Gasteiger partial charge in [0, 0.05) is 18.0 Å². The highest BCUT2D eigenvalue weighted by Crippen LogP contribution is 2.28. The van der Waals surface area contributed by atoms with Crippen LogP contribution in [0.3, 0.4) is 0 Å². The van der Waals surface area contributed by atoms with Crippen LogP contribution in [0.4, 0.5) is 0 Å². The maximum absolute atomic E-state index is 9.85. The van der Waals surface area contributed by atoms with Crippen molar-refractivity contribution in [3.63, 3.8) is 0 Å². The minimum atomic E-state index is -0.213. The summed E-state index contributed by atoms with van der Waals surface area (Å²) in [5.41, 5.74) is 1.22. The SMILES string of the molecule is CC(N(C)CC(C)(CO)c1ccccc1)C(C)(C)C. The molecule has 0 saturated heterocycles. The first-order chi connectivity index (χ1) is 8.70.